The third-order valence-electron chi connectivity index (χ3n) is 2.90. The van der Waals surface area contributed by atoms with Gasteiger partial charge in [0.15, 0.2) is 0 Å². The van der Waals surface area contributed by atoms with Gasteiger partial charge in [0.2, 0.25) is 0 Å². The number of hydrogen-bond donors (Lipinski definition) is 1. The Bertz CT molecular complexity index is 691. The van der Waals surface area contributed by atoms with Crippen molar-refractivity contribution in [1.29, 1.82) is 0 Å². The minimum atomic E-state index is 0.877. The molecule has 4 nitrogen and oxygen atoms in total. The van der Waals surface area contributed by atoms with E-state index in [4.69, 9.17) is 0 Å². The highest BCUT2D eigenvalue weighted by molar-refractivity contribution is 5.82. The monoisotopic (exact) mass is 226 g/mol. The van der Waals surface area contributed by atoms with E-state index in [0.29, 0.717) is 0 Å². The number of nitrogens with one attached hydrogen (secondary N) is 1. The normalized spacial score (nSPS) is 11.2. The molecule has 3 aromatic rings. The van der Waals surface area contributed by atoms with Gasteiger partial charge >= 0.3 is 0 Å². The lowest BCUT2D eigenvalue weighted by atomic mass is 10.1. The summed E-state index contributed by atoms with van der Waals surface area (Å²) in [6.07, 6.45) is 3.78. The fourth-order valence-electron chi connectivity index (χ4n) is 2.15. The Kier molecular flexibility index (Phi) is 2.04. The quantitative estimate of drug-likeness (QED) is 0.693. The third kappa shape index (κ3) is 1.62. The number of imidazole rings is 1. The molecule has 86 valence electrons. The Balaban J connectivity index is 2.23. The summed E-state index contributed by atoms with van der Waals surface area (Å²) < 4.78 is 1.78. The summed E-state index contributed by atoms with van der Waals surface area (Å²) in [5, 5.41) is 4.16. The Labute approximate surface area is 99.3 Å². The first kappa shape index (κ1) is 10.1. The molecule has 0 unspecified atom stereocenters. The average Bonchev–Trinajstić information content (AvgIpc) is 2.83. The molecule has 3 rings (SSSR count). The lowest BCUT2D eigenvalue weighted by Gasteiger charge is -1.96. The van der Waals surface area contributed by atoms with E-state index >= 15 is 0 Å². The van der Waals surface area contributed by atoms with Gasteiger partial charge in [0.05, 0.1) is 22.8 Å². The lowest BCUT2D eigenvalue weighted by molar-refractivity contribution is 0.768. The van der Waals surface area contributed by atoms with Crippen LogP contribution in [0.1, 0.15) is 11.1 Å². The van der Waals surface area contributed by atoms with E-state index < -0.39 is 0 Å². The molecule has 17 heavy (non-hydrogen) atoms. The molecule has 0 atom stereocenters. The number of fused-ring (bicyclic) bond motifs is 1. The highest BCUT2D eigenvalue weighted by Crippen LogP contribution is 2.23. The molecular weight excluding hydrogens is 212 g/mol. The Morgan fingerprint density at radius 2 is 2.06 bits per heavy atom. The number of benzene rings is 1. The molecule has 1 aromatic carbocycles. The topological polar surface area (TPSA) is 46.5 Å². The molecule has 0 aliphatic heterocycles. The van der Waals surface area contributed by atoms with Gasteiger partial charge in [-0.05, 0) is 31.0 Å². The number of nitrogens with zero attached hydrogens (tertiary/aromatic N) is 3. The van der Waals surface area contributed by atoms with Crippen molar-refractivity contribution in [3.05, 3.63) is 35.7 Å². The van der Waals surface area contributed by atoms with Crippen LogP contribution in [0.5, 0.6) is 0 Å². The summed E-state index contributed by atoms with van der Waals surface area (Å²) in [6, 6.07) is 4.27. The summed E-state index contributed by atoms with van der Waals surface area (Å²) in [6.45, 7) is 4.18. The standard InChI is InChI=1S/C13H14N4/c1-8-4-9(2)12-11(5-8)15-13(16-12)10-6-14-17(3)7-10/h4-7H,1-3H3,(H,15,16). The molecule has 0 bridgehead atoms. The maximum Gasteiger partial charge on any atom is 0.141 e. The van der Waals surface area contributed by atoms with Crippen molar-refractivity contribution in [2.24, 2.45) is 7.05 Å². The largest absolute Gasteiger partial charge is 0.338 e. The van der Waals surface area contributed by atoms with Crippen LogP contribution in [0.3, 0.4) is 0 Å². The van der Waals surface area contributed by atoms with Gasteiger partial charge in [-0.15, -0.1) is 0 Å². The number of aromatic nitrogens is 4. The van der Waals surface area contributed by atoms with Crippen LogP contribution in [0.4, 0.5) is 0 Å². The zero-order chi connectivity index (χ0) is 12.0. The van der Waals surface area contributed by atoms with E-state index in [-0.39, 0.29) is 0 Å². The number of aryl methyl sites for hydroxylation is 3. The maximum absolute atomic E-state index is 4.63. The molecule has 0 aliphatic rings. The summed E-state index contributed by atoms with van der Waals surface area (Å²) in [4.78, 5) is 7.97. The molecule has 0 radical (unpaired) electrons. The second-order valence-electron chi connectivity index (χ2n) is 4.47. The van der Waals surface area contributed by atoms with Crippen LogP contribution >= 0.6 is 0 Å². The number of aromatic amines is 1. The van der Waals surface area contributed by atoms with Crippen molar-refractivity contribution in [1.82, 2.24) is 19.7 Å². The van der Waals surface area contributed by atoms with Crippen LogP contribution in [0, 0.1) is 13.8 Å². The van der Waals surface area contributed by atoms with Crippen molar-refractivity contribution >= 4 is 11.0 Å². The maximum atomic E-state index is 4.63. The molecule has 0 aliphatic carbocycles. The van der Waals surface area contributed by atoms with Gasteiger partial charge < -0.3 is 4.98 Å². The van der Waals surface area contributed by atoms with E-state index in [1.165, 1.54) is 11.1 Å². The van der Waals surface area contributed by atoms with Crippen LogP contribution < -0.4 is 0 Å². The van der Waals surface area contributed by atoms with Crippen molar-refractivity contribution < 1.29 is 0 Å². The second-order valence-corrected chi connectivity index (χ2v) is 4.47. The van der Waals surface area contributed by atoms with Gasteiger partial charge in [0.1, 0.15) is 5.82 Å². The van der Waals surface area contributed by atoms with Crippen molar-refractivity contribution in [2.75, 3.05) is 0 Å². The molecule has 4 heteroatoms. The first-order chi connectivity index (χ1) is 8.13. The summed E-state index contributed by atoms with van der Waals surface area (Å²) in [5.41, 5.74) is 5.58. The highest BCUT2D eigenvalue weighted by atomic mass is 15.2. The number of hydrogen-bond acceptors (Lipinski definition) is 2. The van der Waals surface area contributed by atoms with Gasteiger partial charge in [0.25, 0.3) is 0 Å². The van der Waals surface area contributed by atoms with Gasteiger partial charge in [0, 0.05) is 13.2 Å². The molecule has 0 saturated heterocycles. The van der Waals surface area contributed by atoms with E-state index in [2.05, 4.69) is 41.0 Å². The first-order valence-electron chi connectivity index (χ1n) is 5.59. The minimum Gasteiger partial charge on any atom is -0.338 e. The number of rotatable bonds is 1. The Morgan fingerprint density at radius 3 is 2.76 bits per heavy atom. The van der Waals surface area contributed by atoms with Crippen molar-refractivity contribution in [2.45, 2.75) is 13.8 Å². The van der Waals surface area contributed by atoms with Crippen molar-refractivity contribution in [3.8, 4) is 11.4 Å². The third-order valence-corrected chi connectivity index (χ3v) is 2.90. The predicted molar refractivity (Wildman–Crippen MR) is 67.8 cm³/mol. The van der Waals surface area contributed by atoms with E-state index in [0.717, 1.165) is 22.4 Å². The molecule has 1 N–H and O–H groups in total. The fraction of sp³-hybridized carbons (Fsp3) is 0.231. The van der Waals surface area contributed by atoms with Crippen LogP contribution in [0.25, 0.3) is 22.4 Å². The van der Waals surface area contributed by atoms with E-state index in [1.807, 2.05) is 19.4 Å². The smallest absolute Gasteiger partial charge is 0.141 e. The SMILES string of the molecule is Cc1cc(C)c2nc(-c3cnn(C)c3)[nH]c2c1. The van der Waals surface area contributed by atoms with Gasteiger partial charge in [-0.1, -0.05) is 6.07 Å². The van der Waals surface area contributed by atoms with Gasteiger partial charge in [-0.3, -0.25) is 4.68 Å². The predicted octanol–water partition coefficient (Wildman–Crippen LogP) is 2.58. The summed E-state index contributed by atoms with van der Waals surface area (Å²) in [5.74, 6) is 0.877. The van der Waals surface area contributed by atoms with Crippen LogP contribution in [0.15, 0.2) is 24.5 Å². The fourth-order valence-corrected chi connectivity index (χ4v) is 2.15. The van der Waals surface area contributed by atoms with Gasteiger partial charge in [-0.25, -0.2) is 4.98 Å². The lowest BCUT2D eigenvalue weighted by Crippen LogP contribution is -1.84. The first-order valence-corrected chi connectivity index (χ1v) is 5.59. The zero-order valence-corrected chi connectivity index (χ0v) is 10.2. The zero-order valence-electron chi connectivity index (χ0n) is 10.2. The summed E-state index contributed by atoms with van der Waals surface area (Å²) >= 11 is 0. The summed E-state index contributed by atoms with van der Waals surface area (Å²) in [7, 11) is 1.90. The van der Waals surface area contributed by atoms with Gasteiger partial charge in [-0.2, -0.15) is 5.10 Å². The molecule has 0 saturated carbocycles. The highest BCUT2D eigenvalue weighted by Gasteiger charge is 2.08. The Hall–Kier alpha value is -2.10. The number of H-pyrrole nitrogens is 1. The second kappa shape index (κ2) is 3.45. The molecular formula is C13H14N4. The van der Waals surface area contributed by atoms with E-state index in [1.54, 1.807) is 4.68 Å². The van der Waals surface area contributed by atoms with Crippen LogP contribution in [-0.4, -0.2) is 19.7 Å². The molecule has 0 amide bonds. The van der Waals surface area contributed by atoms with Crippen LogP contribution in [-0.2, 0) is 7.05 Å². The molecule has 2 heterocycles. The Morgan fingerprint density at radius 1 is 1.24 bits per heavy atom. The molecule has 0 fully saturated rings. The molecule has 0 spiro atoms. The molecule has 2 aromatic heterocycles. The van der Waals surface area contributed by atoms with E-state index in [9.17, 15) is 0 Å². The minimum absolute atomic E-state index is 0.877. The average molecular weight is 226 g/mol. The van der Waals surface area contributed by atoms with Crippen molar-refractivity contribution in [3.63, 3.8) is 0 Å². The van der Waals surface area contributed by atoms with Crippen LogP contribution in [0.2, 0.25) is 0 Å².